The Labute approximate surface area is 129 Å². The van der Waals surface area contributed by atoms with Crippen LogP contribution in [0.2, 0.25) is 15.2 Å². The number of halogens is 3. The molecule has 1 N–H and O–H groups in total. The molecule has 0 bridgehead atoms. The van der Waals surface area contributed by atoms with Crippen LogP contribution in [0.4, 0.5) is 11.5 Å². The van der Waals surface area contributed by atoms with E-state index < -0.39 is 0 Å². The molecule has 0 aliphatic rings. The van der Waals surface area contributed by atoms with Crippen LogP contribution in [0, 0.1) is 0 Å². The standard InChI is InChI=1S/C13H7Cl3N4/c14-7-3-8(15)5-9(4-7)19-13-12-10(17-6-18-13)1-2-11(16)20-12/h1-6H,(H,17,18,19). The summed E-state index contributed by atoms with van der Waals surface area (Å²) in [6.07, 6.45) is 1.45. The molecule has 0 saturated carbocycles. The quantitative estimate of drug-likeness (QED) is 0.692. The van der Waals surface area contributed by atoms with E-state index in [1.54, 1.807) is 30.3 Å². The van der Waals surface area contributed by atoms with Crippen molar-refractivity contribution in [3.63, 3.8) is 0 Å². The van der Waals surface area contributed by atoms with Gasteiger partial charge >= 0.3 is 0 Å². The molecular weight excluding hydrogens is 319 g/mol. The predicted octanol–water partition coefficient (Wildman–Crippen LogP) is 4.73. The molecule has 3 rings (SSSR count). The normalized spacial score (nSPS) is 10.8. The summed E-state index contributed by atoms with van der Waals surface area (Å²) in [6.45, 7) is 0. The Morgan fingerprint density at radius 3 is 2.40 bits per heavy atom. The fourth-order valence-electron chi connectivity index (χ4n) is 1.77. The van der Waals surface area contributed by atoms with Crippen LogP contribution < -0.4 is 5.32 Å². The smallest absolute Gasteiger partial charge is 0.160 e. The van der Waals surface area contributed by atoms with Gasteiger partial charge in [0, 0.05) is 15.7 Å². The van der Waals surface area contributed by atoms with Crippen molar-refractivity contribution in [1.82, 2.24) is 15.0 Å². The van der Waals surface area contributed by atoms with Crippen LogP contribution in [-0.4, -0.2) is 15.0 Å². The molecule has 0 atom stereocenters. The summed E-state index contributed by atoms with van der Waals surface area (Å²) >= 11 is 17.8. The van der Waals surface area contributed by atoms with Crippen LogP contribution in [0.3, 0.4) is 0 Å². The fourth-order valence-corrected chi connectivity index (χ4v) is 2.44. The average Bonchev–Trinajstić information content (AvgIpc) is 2.38. The number of anilines is 2. The molecule has 100 valence electrons. The van der Waals surface area contributed by atoms with Crippen molar-refractivity contribution in [3.05, 3.63) is 51.9 Å². The van der Waals surface area contributed by atoms with Gasteiger partial charge in [-0.05, 0) is 30.3 Å². The summed E-state index contributed by atoms with van der Waals surface area (Å²) in [4.78, 5) is 12.5. The molecule has 2 heterocycles. The van der Waals surface area contributed by atoms with Crippen molar-refractivity contribution in [2.45, 2.75) is 0 Å². The predicted molar refractivity (Wildman–Crippen MR) is 82.1 cm³/mol. The Morgan fingerprint density at radius 1 is 0.900 bits per heavy atom. The number of aromatic nitrogens is 3. The van der Waals surface area contributed by atoms with E-state index in [4.69, 9.17) is 34.8 Å². The van der Waals surface area contributed by atoms with Crippen molar-refractivity contribution >= 4 is 57.3 Å². The summed E-state index contributed by atoms with van der Waals surface area (Å²) in [7, 11) is 0. The zero-order valence-corrected chi connectivity index (χ0v) is 12.2. The summed E-state index contributed by atoms with van der Waals surface area (Å²) in [5, 5.41) is 4.55. The third-order valence-corrected chi connectivity index (χ3v) is 3.22. The number of fused-ring (bicyclic) bond motifs is 1. The van der Waals surface area contributed by atoms with Gasteiger partial charge in [0.25, 0.3) is 0 Å². The minimum absolute atomic E-state index is 0.375. The summed E-state index contributed by atoms with van der Waals surface area (Å²) < 4.78 is 0. The molecule has 0 amide bonds. The number of hydrogen-bond acceptors (Lipinski definition) is 4. The molecule has 4 nitrogen and oxygen atoms in total. The molecular formula is C13H7Cl3N4. The second-order valence-corrected chi connectivity index (χ2v) is 5.27. The van der Waals surface area contributed by atoms with E-state index in [0.717, 1.165) is 0 Å². The van der Waals surface area contributed by atoms with Crippen LogP contribution in [-0.2, 0) is 0 Å². The van der Waals surface area contributed by atoms with Gasteiger partial charge < -0.3 is 5.32 Å². The van der Waals surface area contributed by atoms with E-state index in [9.17, 15) is 0 Å². The Balaban J connectivity index is 2.08. The zero-order valence-electron chi connectivity index (χ0n) is 9.94. The number of hydrogen-bond donors (Lipinski definition) is 1. The van der Waals surface area contributed by atoms with Crippen molar-refractivity contribution in [1.29, 1.82) is 0 Å². The molecule has 0 unspecified atom stereocenters. The first-order valence-electron chi connectivity index (χ1n) is 5.62. The molecule has 0 aliphatic heterocycles. The lowest BCUT2D eigenvalue weighted by molar-refractivity contribution is 1.19. The lowest BCUT2D eigenvalue weighted by Crippen LogP contribution is -1.97. The van der Waals surface area contributed by atoms with E-state index in [1.165, 1.54) is 6.33 Å². The molecule has 3 aromatic rings. The molecule has 7 heteroatoms. The highest BCUT2D eigenvalue weighted by atomic mass is 35.5. The third-order valence-electron chi connectivity index (χ3n) is 2.57. The fraction of sp³-hybridized carbons (Fsp3) is 0. The Morgan fingerprint density at radius 2 is 1.65 bits per heavy atom. The van der Waals surface area contributed by atoms with Crippen LogP contribution >= 0.6 is 34.8 Å². The van der Waals surface area contributed by atoms with Gasteiger partial charge in [-0.15, -0.1) is 0 Å². The molecule has 2 aromatic heterocycles. The molecule has 0 radical (unpaired) electrons. The minimum atomic E-state index is 0.375. The van der Waals surface area contributed by atoms with Crippen LogP contribution in [0.25, 0.3) is 11.0 Å². The monoisotopic (exact) mass is 324 g/mol. The van der Waals surface area contributed by atoms with Gasteiger partial charge in [-0.1, -0.05) is 34.8 Å². The van der Waals surface area contributed by atoms with E-state index in [2.05, 4.69) is 20.3 Å². The maximum atomic E-state index is 5.97. The van der Waals surface area contributed by atoms with Gasteiger partial charge in [0.15, 0.2) is 5.82 Å². The third kappa shape index (κ3) is 2.77. The molecule has 0 fully saturated rings. The number of rotatable bonds is 2. The van der Waals surface area contributed by atoms with Gasteiger partial charge in [-0.25, -0.2) is 15.0 Å². The maximum absolute atomic E-state index is 5.97. The molecule has 1 aromatic carbocycles. The molecule has 0 saturated heterocycles. The minimum Gasteiger partial charge on any atom is -0.338 e. The van der Waals surface area contributed by atoms with Gasteiger partial charge in [-0.2, -0.15) is 0 Å². The number of nitrogens with zero attached hydrogens (tertiary/aromatic N) is 3. The van der Waals surface area contributed by atoms with E-state index in [0.29, 0.717) is 37.7 Å². The molecule has 0 spiro atoms. The Kier molecular flexibility index (Phi) is 3.61. The van der Waals surface area contributed by atoms with Gasteiger partial charge in [0.2, 0.25) is 0 Å². The summed E-state index contributed by atoms with van der Waals surface area (Å²) in [5.74, 6) is 0.538. The topological polar surface area (TPSA) is 50.7 Å². The molecule has 0 aliphatic carbocycles. The van der Waals surface area contributed by atoms with E-state index in [1.807, 2.05) is 0 Å². The second kappa shape index (κ2) is 5.40. The van der Waals surface area contributed by atoms with Crippen molar-refractivity contribution in [2.24, 2.45) is 0 Å². The first kappa shape index (κ1) is 13.4. The Bertz CT molecular complexity index is 771. The lowest BCUT2D eigenvalue weighted by atomic mass is 10.3. The summed E-state index contributed by atoms with van der Waals surface area (Å²) in [6, 6.07) is 8.60. The van der Waals surface area contributed by atoms with Crippen molar-refractivity contribution in [2.75, 3.05) is 5.32 Å². The SMILES string of the molecule is Clc1cc(Cl)cc(Nc2ncnc3ccc(Cl)nc23)c1. The first-order chi connectivity index (χ1) is 9.61. The summed E-state index contributed by atoms with van der Waals surface area (Å²) in [5.41, 5.74) is 1.99. The second-order valence-electron chi connectivity index (χ2n) is 4.01. The van der Waals surface area contributed by atoms with Crippen LogP contribution in [0.1, 0.15) is 0 Å². The van der Waals surface area contributed by atoms with E-state index in [-0.39, 0.29) is 0 Å². The highest BCUT2D eigenvalue weighted by Gasteiger charge is 2.07. The van der Waals surface area contributed by atoms with Crippen molar-refractivity contribution < 1.29 is 0 Å². The van der Waals surface area contributed by atoms with E-state index >= 15 is 0 Å². The maximum Gasteiger partial charge on any atom is 0.160 e. The first-order valence-corrected chi connectivity index (χ1v) is 6.75. The number of benzene rings is 1. The number of pyridine rings is 1. The molecule has 20 heavy (non-hydrogen) atoms. The highest BCUT2D eigenvalue weighted by Crippen LogP contribution is 2.27. The largest absolute Gasteiger partial charge is 0.338 e. The zero-order chi connectivity index (χ0) is 14.1. The average molecular weight is 326 g/mol. The van der Waals surface area contributed by atoms with Gasteiger partial charge in [0.1, 0.15) is 17.0 Å². The highest BCUT2D eigenvalue weighted by molar-refractivity contribution is 6.35. The lowest BCUT2D eigenvalue weighted by Gasteiger charge is -2.08. The van der Waals surface area contributed by atoms with Crippen molar-refractivity contribution in [3.8, 4) is 0 Å². The van der Waals surface area contributed by atoms with Crippen LogP contribution in [0.5, 0.6) is 0 Å². The number of nitrogens with one attached hydrogen (secondary N) is 1. The van der Waals surface area contributed by atoms with Crippen LogP contribution in [0.15, 0.2) is 36.7 Å². The van der Waals surface area contributed by atoms with Gasteiger partial charge in [-0.3, -0.25) is 0 Å². The van der Waals surface area contributed by atoms with Gasteiger partial charge in [0.05, 0.1) is 5.52 Å². The Hall–Kier alpha value is -1.62.